The number of nitrogens with one attached hydrogen (secondary N) is 1. The van der Waals surface area contributed by atoms with Crippen LogP contribution in [0, 0.1) is 0 Å². The first kappa shape index (κ1) is 20.6. The minimum Gasteiger partial charge on any atom is -0.494 e. The second-order valence-electron chi connectivity index (χ2n) is 7.39. The van der Waals surface area contributed by atoms with Gasteiger partial charge < -0.3 is 14.6 Å². The third-order valence-corrected chi connectivity index (χ3v) is 5.10. The van der Waals surface area contributed by atoms with Gasteiger partial charge in [-0.15, -0.1) is 0 Å². The molecule has 1 N–H and O–H groups in total. The molecule has 0 fully saturated rings. The lowest BCUT2D eigenvalue weighted by molar-refractivity contribution is 0.0932. The van der Waals surface area contributed by atoms with Gasteiger partial charge in [0.1, 0.15) is 17.3 Å². The molecule has 0 aliphatic heterocycles. The summed E-state index contributed by atoms with van der Waals surface area (Å²) in [5.41, 5.74) is 2.40. The first-order valence-corrected chi connectivity index (χ1v) is 10.6. The number of aryl methyl sites for hydroxylation is 1. The van der Waals surface area contributed by atoms with Crippen molar-refractivity contribution in [2.45, 2.75) is 32.4 Å². The van der Waals surface area contributed by atoms with Crippen LogP contribution in [0.2, 0.25) is 0 Å². The van der Waals surface area contributed by atoms with Crippen molar-refractivity contribution in [2.75, 3.05) is 6.61 Å². The van der Waals surface area contributed by atoms with E-state index in [0.717, 1.165) is 42.0 Å². The smallest absolute Gasteiger partial charge is 0.270 e. The van der Waals surface area contributed by atoms with Gasteiger partial charge in [-0.2, -0.15) is 0 Å². The fourth-order valence-electron chi connectivity index (χ4n) is 3.57. The number of amides is 1. The highest BCUT2D eigenvalue weighted by Gasteiger charge is 2.19. The molecule has 4 rings (SSSR count). The maximum atomic E-state index is 12.6. The Hall–Kier alpha value is -3.67. The van der Waals surface area contributed by atoms with Crippen molar-refractivity contribution in [3.63, 3.8) is 0 Å². The minimum atomic E-state index is -0.248. The van der Waals surface area contributed by atoms with E-state index in [0.29, 0.717) is 12.3 Å². The van der Waals surface area contributed by atoms with Crippen LogP contribution in [-0.4, -0.2) is 27.0 Å². The molecule has 6 heteroatoms. The number of pyridine rings is 1. The molecule has 0 spiro atoms. The maximum Gasteiger partial charge on any atom is 0.270 e. The van der Waals surface area contributed by atoms with Crippen LogP contribution in [0.3, 0.4) is 0 Å². The number of fused-ring (bicyclic) bond motifs is 1. The zero-order valence-corrected chi connectivity index (χ0v) is 17.6. The topological polar surface area (TPSA) is 69.0 Å². The highest BCUT2D eigenvalue weighted by molar-refractivity contribution is 5.92. The van der Waals surface area contributed by atoms with Crippen molar-refractivity contribution >= 4 is 16.9 Å². The second kappa shape index (κ2) is 9.89. The number of nitrogens with zero attached hydrogens (tertiary/aromatic N) is 3. The second-order valence-corrected chi connectivity index (χ2v) is 7.39. The number of carbonyl (C=O) groups excluding carboxylic acids is 1. The third kappa shape index (κ3) is 5.09. The van der Waals surface area contributed by atoms with Gasteiger partial charge >= 0.3 is 0 Å². The molecule has 2 aromatic carbocycles. The Balaban J connectivity index is 1.43. The first-order valence-electron chi connectivity index (χ1n) is 10.6. The number of rotatable bonds is 9. The molecule has 2 heterocycles. The summed E-state index contributed by atoms with van der Waals surface area (Å²) >= 11 is 0. The standard InChI is InChI=1S/C25H26N4O2/c1-19(27-25(30)22-14-7-8-16-26-22)24-28-21-13-5-6-15-23(21)29(24)17-9-10-18-31-20-11-3-2-4-12-20/h2-8,11-16,19H,9-10,17-18H2,1H3,(H,27,30). The number of hydrogen-bond donors (Lipinski definition) is 1. The number of hydrogen-bond acceptors (Lipinski definition) is 4. The van der Waals surface area contributed by atoms with E-state index >= 15 is 0 Å². The molecule has 0 radical (unpaired) electrons. The van der Waals surface area contributed by atoms with E-state index in [4.69, 9.17) is 9.72 Å². The zero-order chi connectivity index (χ0) is 21.5. The zero-order valence-electron chi connectivity index (χ0n) is 17.6. The number of imidazole rings is 1. The summed E-state index contributed by atoms with van der Waals surface area (Å²) in [5.74, 6) is 1.53. The fourth-order valence-corrected chi connectivity index (χ4v) is 3.57. The van der Waals surface area contributed by atoms with Crippen LogP contribution >= 0.6 is 0 Å². The van der Waals surface area contributed by atoms with E-state index < -0.39 is 0 Å². The summed E-state index contributed by atoms with van der Waals surface area (Å²) in [4.78, 5) is 21.5. The van der Waals surface area contributed by atoms with Crippen LogP contribution in [0.1, 0.15) is 42.1 Å². The van der Waals surface area contributed by atoms with Crippen LogP contribution in [0.5, 0.6) is 5.75 Å². The van der Waals surface area contributed by atoms with Gasteiger partial charge in [0, 0.05) is 12.7 Å². The predicted molar refractivity (Wildman–Crippen MR) is 121 cm³/mol. The summed E-state index contributed by atoms with van der Waals surface area (Å²) in [5, 5.41) is 3.03. The molecule has 2 aromatic heterocycles. The quantitative estimate of drug-likeness (QED) is 0.400. The highest BCUT2D eigenvalue weighted by Crippen LogP contribution is 2.22. The molecular formula is C25H26N4O2. The molecule has 0 bridgehead atoms. The lowest BCUT2D eigenvalue weighted by atomic mass is 10.2. The lowest BCUT2D eigenvalue weighted by Crippen LogP contribution is -2.29. The van der Waals surface area contributed by atoms with Gasteiger partial charge in [0.15, 0.2) is 0 Å². The fraction of sp³-hybridized carbons (Fsp3) is 0.240. The number of ether oxygens (including phenoxy) is 1. The van der Waals surface area contributed by atoms with E-state index in [1.807, 2.05) is 55.5 Å². The largest absolute Gasteiger partial charge is 0.494 e. The Bertz CT molecular complexity index is 1130. The van der Waals surface area contributed by atoms with Crippen molar-refractivity contribution in [1.29, 1.82) is 0 Å². The molecule has 158 valence electrons. The molecule has 1 amide bonds. The van der Waals surface area contributed by atoms with Crippen LogP contribution in [-0.2, 0) is 6.54 Å². The summed E-state index contributed by atoms with van der Waals surface area (Å²) < 4.78 is 8.00. The van der Waals surface area contributed by atoms with Gasteiger partial charge in [0.05, 0.1) is 23.7 Å². The third-order valence-electron chi connectivity index (χ3n) is 5.10. The molecule has 0 aliphatic rings. The predicted octanol–water partition coefficient (Wildman–Crippen LogP) is 4.78. The number of benzene rings is 2. The normalized spacial score (nSPS) is 11.9. The molecule has 4 aromatic rings. The molecular weight excluding hydrogens is 388 g/mol. The number of carbonyl (C=O) groups is 1. The van der Waals surface area contributed by atoms with E-state index in [9.17, 15) is 4.79 Å². The summed E-state index contributed by atoms with van der Waals surface area (Å²) in [6.07, 6.45) is 3.49. The Kier molecular flexibility index (Phi) is 6.57. The van der Waals surface area contributed by atoms with Gasteiger partial charge in [-0.3, -0.25) is 9.78 Å². The van der Waals surface area contributed by atoms with Gasteiger partial charge in [-0.05, 0) is 56.2 Å². The van der Waals surface area contributed by atoms with E-state index in [1.54, 1.807) is 24.4 Å². The molecule has 1 atom stereocenters. The number of para-hydroxylation sites is 3. The summed E-state index contributed by atoms with van der Waals surface area (Å²) in [6.45, 7) is 3.42. The van der Waals surface area contributed by atoms with Gasteiger partial charge in [-0.25, -0.2) is 4.98 Å². The maximum absolute atomic E-state index is 12.6. The number of unbranched alkanes of at least 4 members (excludes halogenated alkanes) is 1. The SMILES string of the molecule is CC(NC(=O)c1ccccn1)c1nc2ccccc2n1CCCCOc1ccccc1. The van der Waals surface area contributed by atoms with Gasteiger partial charge in [0.2, 0.25) is 0 Å². The average Bonchev–Trinajstić information content (AvgIpc) is 3.19. The van der Waals surface area contributed by atoms with Crippen LogP contribution < -0.4 is 10.1 Å². The molecule has 0 saturated heterocycles. The monoisotopic (exact) mass is 414 g/mol. The van der Waals surface area contributed by atoms with Crippen molar-refractivity contribution in [3.8, 4) is 5.75 Å². The Morgan fingerprint density at radius 3 is 2.58 bits per heavy atom. The molecule has 0 saturated carbocycles. The Labute approximate surface area is 181 Å². The summed E-state index contributed by atoms with van der Waals surface area (Å²) in [7, 11) is 0. The molecule has 0 aliphatic carbocycles. The lowest BCUT2D eigenvalue weighted by Gasteiger charge is -2.16. The van der Waals surface area contributed by atoms with E-state index in [1.165, 1.54) is 0 Å². The Morgan fingerprint density at radius 2 is 1.77 bits per heavy atom. The first-order chi connectivity index (χ1) is 15.2. The van der Waals surface area contributed by atoms with Crippen molar-refractivity contribution in [1.82, 2.24) is 19.9 Å². The molecule has 6 nitrogen and oxygen atoms in total. The number of aromatic nitrogens is 3. The minimum absolute atomic E-state index is 0.206. The van der Waals surface area contributed by atoms with Crippen molar-refractivity contribution < 1.29 is 9.53 Å². The van der Waals surface area contributed by atoms with Crippen LogP contribution in [0.4, 0.5) is 0 Å². The van der Waals surface area contributed by atoms with Crippen LogP contribution in [0.25, 0.3) is 11.0 Å². The average molecular weight is 415 g/mol. The molecule has 31 heavy (non-hydrogen) atoms. The van der Waals surface area contributed by atoms with Crippen LogP contribution in [0.15, 0.2) is 79.0 Å². The highest BCUT2D eigenvalue weighted by atomic mass is 16.5. The van der Waals surface area contributed by atoms with E-state index in [-0.39, 0.29) is 11.9 Å². The van der Waals surface area contributed by atoms with E-state index in [2.05, 4.69) is 20.9 Å². The van der Waals surface area contributed by atoms with Gasteiger partial charge in [-0.1, -0.05) is 36.4 Å². The van der Waals surface area contributed by atoms with Crippen molar-refractivity contribution in [2.24, 2.45) is 0 Å². The Morgan fingerprint density at radius 1 is 1.00 bits per heavy atom. The van der Waals surface area contributed by atoms with Gasteiger partial charge in [0.25, 0.3) is 5.91 Å². The van der Waals surface area contributed by atoms with Crippen molar-refractivity contribution in [3.05, 3.63) is 90.5 Å². The molecule has 1 unspecified atom stereocenters. The summed E-state index contributed by atoms with van der Waals surface area (Å²) in [6, 6.07) is 23.0.